The molecular weight excluding hydrogens is 356 g/mol. The molecule has 2 unspecified atom stereocenters. The van der Waals surface area contributed by atoms with E-state index in [1.165, 1.54) is 17.3 Å². The molecule has 3 rings (SSSR count). The minimum atomic E-state index is -3.04. The normalized spacial score (nSPS) is 26.6. The maximum Gasteiger partial charge on any atom is 0.250 e. The van der Waals surface area contributed by atoms with Crippen molar-refractivity contribution in [3.05, 3.63) is 29.8 Å². The summed E-state index contributed by atoms with van der Waals surface area (Å²) in [5.74, 6) is 0.345. The number of amides is 1. The monoisotopic (exact) mass is 380 g/mol. The first kappa shape index (κ1) is 18.5. The minimum absolute atomic E-state index is 0.0616. The van der Waals surface area contributed by atoms with Gasteiger partial charge < -0.3 is 4.90 Å². The largest absolute Gasteiger partial charge is 0.316 e. The minimum Gasteiger partial charge on any atom is -0.316 e. The zero-order chi connectivity index (χ0) is 18.4. The van der Waals surface area contributed by atoms with E-state index in [0.29, 0.717) is 11.1 Å². The highest BCUT2D eigenvalue weighted by Crippen LogP contribution is 2.41. The van der Waals surface area contributed by atoms with Crippen LogP contribution in [0.25, 0.3) is 0 Å². The van der Waals surface area contributed by atoms with Crippen molar-refractivity contribution in [2.75, 3.05) is 16.4 Å². The van der Waals surface area contributed by atoms with Crippen molar-refractivity contribution in [2.24, 2.45) is 10.9 Å². The van der Waals surface area contributed by atoms with Crippen LogP contribution < -0.4 is 4.90 Å². The molecule has 2 fully saturated rings. The van der Waals surface area contributed by atoms with E-state index in [9.17, 15) is 13.2 Å². The first-order chi connectivity index (χ1) is 11.7. The lowest BCUT2D eigenvalue weighted by Crippen LogP contribution is -2.37. The zero-order valence-electron chi connectivity index (χ0n) is 15.0. The highest BCUT2D eigenvalue weighted by molar-refractivity contribution is 8.16. The van der Waals surface area contributed by atoms with Crippen LogP contribution in [0.2, 0.25) is 0 Å². The van der Waals surface area contributed by atoms with Crippen molar-refractivity contribution in [1.29, 1.82) is 0 Å². The summed E-state index contributed by atoms with van der Waals surface area (Å²) < 4.78 is 24.1. The van der Waals surface area contributed by atoms with Gasteiger partial charge in [0.25, 0.3) is 5.91 Å². The van der Waals surface area contributed by atoms with Gasteiger partial charge in [-0.1, -0.05) is 51.6 Å². The molecule has 1 aromatic rings. The fraction of sp³-hybridized carbons (Fsp3) is 0.556. The van der Waals surface area contributed by atoms with Gasteiger partial charge in [-0.05, 0) is 23.6 Å². The molecular formula is C18H24N2O3S2. The van der Waals surface area contributed by atoms with Crippen molar-refractivity contribution in [3.8, 4) is 0 Å². The maximum atomic E-state index is 12.1. The third kappa shape index (κ3) is 3.77. The number of benzene rings is 1. The molecule has 0 aromatic heterocycles. The second kappa shape index (κ2) is 6.76. The van der Waals surface area contributed by atoms with Crippen molar-refractivity contribution in [1.82, 2.24) is 0 Å². The van der Waals surface area contributed by atoms with Gasteiger partial charge in [-0.25, -0.2) is 8.42 Å². The number of hydrogen-bond donors (Lipinski definition) is 0. The Morgan fingerprint density at radius 2 is 1.80 bits per heavy atom. The third-order valence-electron chi connectivity index (χ3n) is 4.60. The smallest absolute Gasteiger partial charge is 0.250 e. The number of hydrogen-bond acceptors (Lipinski definition) is 4. The van der Waals surface area contributed by atoms with Crippen LogP contribution in [-0.4, -0.2) is 42.3 Å². The number of carbonyl (C=O) groups is 1. The Bertz CT molecular complexity index is 798. The number of aliphatic imine (C=N–C) groups is 1. The summed E-state index contributed by atoms with van der Waals surface area (Å²) in [4.78, 5) is 18.4. The van der Waals surface area contributed by atoms with Crippen LogP contribution in [0, 0.1) is 5.92 Å². The lowest BCUT2D eigenvalue weighted by molar-refractivity contribution is -0.120. The molecule has 25 heavy (non-hydrogen) atoms. The molecule has 0 radical (unpaired) electrons. The summed E-state index contributed by atoms with van der Waals surface area (Å²) in [5, 5.41) is 0.564. The van der Waals surface area contributed by atoms with Gasteiger partial charge in [-0.15, -0.1) is 0 Å². The van der Waals surface area contributed by atoms with Crippen molar-refractivity contribution >= 4 is 38.4 Å². The third-order valence-corrected chi connectivity index (χ3v) is 7.81. The van der Waals surface area contributed by atoms with Gasteiger partial charge in [0.05, 0.1) is 17.5 Å². The Kier molecular flexibility index (Phi) is 4.99. The average molecular weight is 381 g/mol. The molecule has 7 heteroatoms. The lowest BCUT2D eigenvalue weighted by Gasteiger charge is -2.25. The fourth-order valence-electron chi connectivity index (χ4n) is 3.11. The van der Waals surface area contributed by atoms with E-state index >= 15 is 0 Å². The van der Waals surface area contributed by atoms with Crippen LogP contribution in [0.5, 0.6) is 0 Å². The van der Waals surface area contributed by atoms with Crippen molar-refractivity contribution < 1.29 is 13.2 Å². The van der Waals surface area contributed by atoms with E-state index < -0.39 is 9.84 Å². The van der Waals surface area contributed by atoms with E-state index in [1.54, 1.807) is 0 Å². The van der Waals surface area contributed by atoms with Gasteiger partial charge in [0.15, 0.2) is 15.0 Å². The Morgan fingerprint density at radius 3 is 2.36 bits per heavy atom. The number of rotatable bonds is 3. The summed E-state index contributed by atoms with van der Waals surface area (Å²) in [5.41, 5.74) is 2.12. The first-order valence-electron chi connectivity index (χ1n) is 8.57. The SMILES string of the molecule is CC(C)C(=O)N=C1SC2CS(=O)(=O)CC2N1c1ccc(C(C)C)cc1. The summed E-state index contributed by atoms with van der Waals surface area (Å²) in [6.45, 7) is 7.90. The summed E-state index contributed by atoms with van der Waals surface area (Å²) in [6.07, 6.45) is 0. The number of fused-ring (bicyclic) bond motifs is 1. The number of anilines is 1. The molecule has 2 aliphatic rings. The molecule has 1 aromatic carbocycles. The number of sulfone groups is 1. The molecule has 2 atom stereocenters. The first-order valence-corrected chi connectivity index (χ1v) is 11.3. The Morgan fingerprint density at radius 1 is 1.16 bits per heavy atom. The fourth-order valence-corrected chi connectivity index (χ4v) is 7.03. The number of thioether (sulfide) groups is 1. The number of carbonyl (C=O) groups excluding carboxylic acids is 1. The quantitative estimate of drug-likeness (QED) is 0.806. The van der Waals surface area contributed by atoms with Crippen LogP contribution in [-0.2, 0) is 14.6 Å². The van der Waals surface area contributed by atoms with Gasteiger partial charge >= 0.3 is 0 Å². The van der Waals surface area contributed by atoms with Gasteiger partial charge in [-0.2, -0.15) is 4.99 Å². The predicted molar refractivity (Wildman–Crippen MR) is 104 cm³/mol. The standard InChI is InChI=1S/C18H24N2O3S2/c1-11(2)13-5-7-14(8-6-13)20-15-9-25(22,23)10-16(15)24-18(20)19-17(21)12(3)4/h5-8,11-12,15-16H,9-10H2,1-4H3. The molecule has 0 aliphatic carbocycles. The molecule has 2 saturated heterocycles. The van der Waals surface area contributed by atoms with E-state index in [4.69, 9.17) is 0 Å². The van der Waals surface area contributed by atoms with Gasteiger partial charge in [-0.3, -0.25) is 4.79 Å². The van der Waals surface area contributed by atoms with Crippen LogP contribution in [0.1, 0.15) is 39.2 Å². The second-order valence-corrected chi connectivity index (χ2v) is 10.7. The Labute approximate surface area is 153 Å². The molecule has 1 amide bonds. The zero-order valence-corrected chi connectivity index (χ0v) is 16.6. The molecule has 2 heterocycles. The lowest BCUT2D eigenvalue weighted by atomic mass is 10.0. The van der Waals surface area contributed by atoms with Crippen molar-refractivity contribution in [3.63, 3.8) is 0 Å². The van der Waals surface area contributed by atoms with Crippen LogP contribution in [0.15, 0.2) is 29.3 Å². The van der Waals surface area contributed by atoms with Crippen molar-refractivity contribution in [2.45, 2.75) is 44.9 Å². The van der Waals surface area contributed by atoms with E-state index in [-0.39, 0.29) is 34.6 Å². The van der Waals surface area contributed by atoms with Gasteiger partial charge in [0, 0.05) is 16.9 Å². The Balaban J connectivity index is 1.98. The molecule has 0 saturated carbocycles. The molecule has 136 valence electrons. The Hall–Kier alpha value is -1.34. The second-order valence-electron chi connectivity index (χ2n) is 7.30. The summed E-state index contributed by atoms with van der Waals surface area (Å²) >= 11 is 1.42. The highest BCUT2D eigenvalue weighted by Gasteiger charge is 2.49. The molecule has 0 N–H and O–H groups in total. The van der Waals surface area contributed by atoms with Crippen LogP contribution in [0.4, 0.5) is 5.69 Å². The van der Waals surface area contributed by atoms with E-state index in [1.807, 2.05) is 30.9 Å². The van der Waals surface area contributed by atoms with Gasteiger partial charge in [0.1, 0.15) is 0 Å². The summed E-state index contributed by atoms with van der Waals surface area (Å²) in [7, 11) is -3.04. The predicted octanol–water partition coefficient (Wildman–Crippen LogP) is 3.07. The molecule has 0 spiro atoms. The summed E-state index contributed by atoms with van der Waals surface area (Å²) in [6, 6.07) is 7.96. The molecule has 2 aliphatic heterocycles. The topological polar surface area (TPSA) is 66.8 Å². The average Bonchev–Trinajstić information content (AvgIpc) is 2.98. The van der Waals surface area contributed by atoms with Gasteiger partial charge in [0.2, 0.25) is 0 Å². The number of nitrogens with zero attached hydrogens (tertiary/aromatic N) is 2. The van der Waals surface area contributed by atoms with E-state index in [0.717, 1.165) is 5.69 Å². The van der Waals surface area contributed by atoms with E-state index in [2.05, 4.69) is 31.0 Å². The highest BCUT2D eigenvalue weighted by atomic mass is 32.2. The number of amidine groups is 1. The maximum absolute atomic E-state index is 12.1. The van der Waals surface area contributed by atoms with Crippen LogP contribution in [0.3, 0.4) is 0 Å². The molecule has 0 bridgehead atoms. The molecule has 5 nitrogen and oxygen atoms in total. The van der Waals surface area contributed by atoms with Crippen LogP contribution >= 0.6 is 11.8 Å².